The Bertz CT molecular complexity index is 214. The maximum absolute atomic E-state index is 10.1. The summed E-state index contributed by atoms with van der Waals surface area (Å²) in [6, 6.07) is 0. The minimum Gasteiger partial charge on any atom is -0.478 e. The largest absolute Gasteiger partial charge is 0.478 e. The van der Waals surface area contributed by atoms with Gasteiger partial charge >= 0.3 is 5.97 Å². The molecule has 1 aliphatic heterocycles. The molecule has 0 radical (unpaired) electrons. The number of hydrogen-bond donors (Lipinski definition) is 2. The van der Waals surface area contributed by atoms with Crippen LogP contribution in [0.25, 0.3) is 0 Å². The van der Waals surface area contributed by atoms with Crippen LogP contribution in [0.15, 0.2) is 12.2 Å². The first-order valence-corrected chi connectivity index (χ1v) is 7.45. The molecule has 0 aromatic rings. The zero-order chi connectivity index (χ0) is 14.2. The van der Waals surface area contributed by atoms with Gasteiger partial charge in [0, 0.05) is 19.2 Å². The predicted octanol–water partition coefficient (Wildman–Crippen LogP) is 2.98. The van der Waals surface area contributed by atoms with Crippen LogP contribution in [0.1, 0.15) is 51.9 Å². The second-order valence-electron chi connectivity index (χ2n) is 4.66. The first-order chi connectivity index (χ1) is 9.27. The van der Waals surface area contributed by atoms with Crippen molar-refractivity contribution < 1.29 is 14.6 Å². The number of carbonyl (C=O) groups is 1. The van der Waals surface area contributed by atoms with Crippen molar-refractivity contribution in [2.24, 2.45) is 0 Å². The number of morpholine rings is 1. The second kappa shape index (κ2) is 15.2. The molecule has 1 aliphatic rings. The van der Waals surface area contributed by atoms with E-state index in [1.807, 2.05) is 0 Å². The summed E-state index contributed by atoms with van der Waals surface area (Å²) in [4.78, 5) is 10.1. The summed E-state index contributed by atoms with van der Waals surface area (Å²) in [5, 5.41) is 11.5. The molecule has 0 unspecified atom stereocenters. The Balaban J connectivity index is 0.000000443. The van der Waals surface area contributed by atoms with E-state index in [0.717, 1.165) is 39.1 Å². The molecule has 1 saturated heterocycles. The van der Waals surface area contributed by atoms with Gasteiger partial charge < -0.3 is 15.2 Å². The number of hydrogen-bond acceptors (Lipinski definition) is 3. The van der Waals surface area contributed by atoms with E-state index in [9.17, 15) is 4.79 Å². The fraction of sp³-hybridized carbons (Fsp3) is 0.800. The van der Waals surface area contributed by atoms with Crippen LogP contribution in [0.5, 0.6) is 0 Å². The summed E-state index contributed by atoms with van der Waals surface area (Å²) < 4.78 is 5.01. The van der Waals surface area contributed by atoms with Gasteiger partial charge in [0.25, 0.3) is 0 Å². The van der Waals surface area contributed by atoms with Gasteiger partial charge in [-0.2, -0.15) is 0 Å². The Kier molecular flexibility index (Phi) is 14.5. The summed E-state index contributed by atoms with van der Waals surface area (Å²) in [5.41, 5.74) is 0. The SMILES string of the molecule is C1COCCN1.CCCCCCCCC=CC(=O)O. The van der Waals surface area contributed by atoms with Crippen molar-refractivity contribution in [1.82, 2.24) is 5.32 Å². The minimum atomic E-state index is -0.842. The molecule has 1 fully saturated rings. The number of allylic oxidation sites excluding steroid dienone is 1. The van der Waals surface area contributed by atoms with Crippen LogP contribution in [0.2, 0.25) is 0 Å². The van der Waals surface area contributed by atoms with E-state index in [0.29, 0.717) is 0 Å². The van der Waals surface area contributed by atoms with Crippen LogP contribution < -0.4 is 5.32 Å². The van der Waals surface area contributed by atoms with Crippen molar-refractivity contribution in [2.75, 3.05) is 26.3 Å². The van der Waals surface area contributed by atoms with E-state index >= 15 is 0 Å². The maximum atomic E-state index is 10.1. The number of rotatable bonds is 8. The average molecular weight is 271 g/mol. The molecule has 0 spiro atoms. The summed E-state index contributed by atoms with van der Waals surface area (Å²) >= 11 is 0. The molecule has 0 amide bonds. The molecule has 0 saturated carbocycles. The van der Waals surface area contributed by atoms with Gasteiger partial charge in [0.05, 0.1) is 13.2 Å². The molecule has 2 N–H and O–H groups in total. The number of ether oxygens (including phenoxy) is 1. The number of unbranched alkanes of at least 4 members (excludes halogenated alkanes) is 6. The summed E-state index contributed by atoms with van der Waals surface area (Å²) in [5.74, 6) is -0.842. The predicted molar refractivity (Wildman–Crippen MR) is 78.5 cm³/mol. The van der Waals surface area contributed by atoms with Gasteiger partial charge in [-0.3, -0.25) is 0 Å². The lowest BCUT2D eigenvalue weighted by Crippen LogP contribution is -2.30. The lowest BCUT2D eigenvalue weighted by molar-refractivity contribution is -0.131. The molecule has 4 nitrogen and oxygen atoms in total. The third kappa shape index (κ3) is 17.1. The van der Waals surface area contributed by atoms with Crippen LogP contribution in [-0.4, -0.2) is 37.4 Å². The summed E-state index contributed by atoms with van der Waals surface area (Å²) in [6.45, 7) is 6.04. The van der Waals surface area contributed by atoms with Crippen molar-refractivity contribution >= 4 is 5.97 Å². The van der Waals surface area contributed by atoms with E-state index in [1.54, 1.807) is 6.08 Å². The number of carboxylic acid groups (broad SMARTS) is 1. The highest BCUT2D eigenvalue weighted by Crippen LogP contribution is 2.06. The van der Waals surface area contributed by atoms with E-state index in [-0.39, 0.29) is 0 Å². The quantitative estimate of drug-likeness (QED) is 0.526. The molecule has 4 heteroatoms. The average Bonchev–Trinajstić information content (AvgIpc) is 2.44. The third-order valence-corrected chi connectivity index (χ3v) is 2.83. The highest BCUT2D eigenvalue weighted by atomic mass is 16.5. The molecule has 0 aliphatic carbocycles. The number of aliphatic carboxylic acids is 1. The van der Waals surface area contributed by atoms with Gasteiger partial charge in [-0.1, -0.05) is 45.1 Å². The van der Waals surface area contributed by atoms with Crippen molar-refractivity contribution in [2.45, 2.75) is 51.9 Å². The van der Waals surface area contributed by atoms with Gasteiger partial charge in [-0.25, -0.2) is 4.79 Å². The number of carboxylic acids is 1. The van der Waals surface area contributed by atoms with Crippen LogP contribution in [-0.2, 0) is 9.53 Å². The van der Waals surface area contributed by atoms with Gasteiger partial charge in [0.15, 0.2) is 0 Å². The second-order valence-corrected chi connectivity index (χ2v) is 4.66. The van der Waals surface area contributed by atoms with Crippen molar-refractivity contribution in [1.29, 1.82) is 0 Å². The van der Waals surface area contributed by atoms with Crippen molar-refractivity contribution in [3.8, 4) is 0 Å². The highest BCUT2D eigenvalue weighted by Gasteiger charge is 1.93. The lowest BCUT2D eigenvalue weighted by Gasteiger charge is -2.10. The smallest absolute Gasteiger partial charge is 0.327 e. The van der Waals surface area contributed by atoms with Crippen LogP contribution in [0.3, 0.4) is 0 Å². The van der Waals surface area contributed by atoms with Gasteiger partial charge in [0.1, 0.15) is 0 Å². The monoisotopic (exact) mass is 271 g/mol. The van der Waals surface area contributed by atoms with Crippen LogP contribution in [0, 0.1) is 0 Å². The van der Waals surface area contributed by atoms with Crippen LogP contribution in [0.4, 0.5) is 0 Å². The Morgan fingerprint density at radius 2 is 1.79 bits per heavy atom. The Morgan fingerprint density at radius 1 is 1.16 bits per heavy atom. The van der Waals surface area contributed by atoms with E-state index in [2.05, 4.69) is 12.2 Å². The van der Waals surface area contributed by atoms with Crippen LogP contribution >= 0.6 is 0 Å². The molecular weight excluding hydrogens is 242 g/mol. The summed E-state index contributed by atoms with van der Waals surface area (Å²) in [7, 11) is 0. The zero-order valence-electron chi connectivity index (χ0n) is 12.2. The first kappa shape index (κ1) is 18.1. The lowest BCUT2D eigenvalue weighted by atomic mass is 10.1. The first-order valence-electron chi connectivity index (χ1n) is 7.45. The molecular formula is C15H29NO3. The molecule has 0 aromatic heterocycles. The molecule has 0 atom stereocenters. The minimum absolute atomic E-state index is 0.842. The van der Waals surface area contributed by atoms with Crippen molar-refractivity contribution in [3.63, 3.8) is 0 Å². The topological polar surface area (TPSA) is 58.6 Å². The van der Waals surface area contributed by atoms with Gasteiger partial charge in [-0.05, 0) is 12.8 Å². The van der Waals surface area contributed by atoms with E-state index < -0.39 is 5.97 Å². The molecule has 0 bridgehead atoms. The number of nitrogens with one attached hydrogen (secondary N) is 1. The fourth-order valence-corrected chi connectivity index (χ4v) is 1.74. The molecule has 1 rings (SSSR count). The van der Waals surface area contributed by atoms with Gasteiger partial charge in [0.2, 0.25) is 0 Å². The Hall–Kier alpha value is -0.870. The highest BCUT2D eigenvalue weighted by molar-refractivity contribution is 5.79. The fourth-order valence-electron chi connectivity index (χ4n) is 1.74. The molecule has 112 valence electrons. The Morgan fingerprint density at radius 3 is 2.26 bits per heavy atom. The molecule has 19 heavy (non-hydrogen) atoms. The van der Waals surface area contributed by atoms with Gasteiger partial charge in [-0.15, -0.1) is 0 Å². The standard InChI is InChI=1S/C11H20O2.C4H9NO/c1-2-3-4-5-6-7-8-9-10-11(12)13;1-3-6-4-2-5-1/h9-10H,2-8H2,1H3,(H,12,13);5H,1-4H2. The Labute approximate surface area is 117 Å². The maximum Gasteiger partial charge on any atom is 0.327 e. The molecule has 0 aromatic carbocycles. The molecule has 1 heterocycles. The third-order valence-electron chi connectivity index (χ3n) is 2.83. The van der Waals surface area contributed by atoms with E-state index in [1.165, 1.54) is 38.2 Å². The normalized spacial score (nSPS) is 15.0. The summed E-state index contributed by atoms with van der Waals surface area (Å²) in [6.07, 6.45) is 11.4. The zero-order valence-corrected chi connectivity index (χ0v) is 12.2. The van der Waals surface area contributed by atoms with E-state index in [4.69, 9.17) is 9.84 Å². The van der Waals surface area contributed by atoms with Crippen molar-refractivity contribution in [3.05, 3.63) is 12.2 Å².